The number of nitrogens with zero attached hydrogens (tertiary/aromatic N) is 3. The highest BCUT2D eigenvalue weighted by Gasteiger charge is 2.13. The maximum atomic E-state index is 12.1. The summed E-state index contributed by atoms with van der Waals surface area (Å²) in [5, 5.41) is 15.9. The molecule has 0 unspecified atom stereocenters. The van der Waals surface area contributed by atoms with Crippen molar-refractivity contribution in [2.75, 3.05) is 18.9 Å². The minimum atomic E-state index is -0.280. The zero-order valence-electron chi connectivity index (χ0n) is 17.3. The van der Waals surface area contributed by atoms with Crippen LogP contribution in [-0.4, -0.2) is 46.7 Å². The molecule has 2 aromatic rings. The summed E-state index contributed by atoms with van der Waals surface area (Å²) in [7, 11) is 1.64. The van der Waals surface area contributed by atoms with Crippen molar-refractivity contribution in [3.63, 3.8) is 0 Å². The third kappa shape index (κ3) is 8.46. The monoisotopic (exact) mass is 399 g/mol. The van der Waals surface area contributed by atoms with Crippen molar-refractivity contribution < 1.29 is 9.59 Å². The van der Waals surface area contributed by atoms with E-state index in [0.29, 0.717) is 18.2 Å². The molecule has 0 atom stereocenters. The predicted octanol–water partition coefficient (Wildman–Crippen LogP) is 1.10. The summed E-state index contributed by atoms with van der Waals surface area (Å²) < 4.78 is 1.56. The Bertz CT molecular complexity index is 839. The van der Waals surface area contributed by atoms with Crippen LogP contribution in [0.25, 0.3) is 0 Å². The van der Waals surface area contributed by atoms with E-state index in [2.05, 4.69) is 31.4 Å². The number of amides is 2. The Balaban J connectivity index is 1.82. The van der Waals surface area contributed by atoms with Crippen LogP contribution in [-0.2, 0) is 22.7 Å². The highest BCUT2D eigenvalue weighted by Crippen LogP contribution is 2.10. The van der Waals surface area contributed by atoms with Gasteiger partial charge in [0.05, 0.1) is 6.54 Å². The number of benzene rings is 1. The molecule has 9 nitrogen and oxygen atoms in total. The first-order valence-electron chi connectivity index (χ1n) is 9.37. The molecular weight excluding hydrogens is 370 g/mol. The molecule has 2 amide bonds. The van der Waals surface area contributed by atoms with Crippen LogP contribution < -0.4 is 21.3 Å². The Labute approximate surface area is 171 Å². The summed E-state index contributed by atoms with van der Waals surface area (Å²) in [6, 6.07) is 9.29. The minimum Gasteiger partial charge on any atom is -0.352 e. The Hall–Kier alpha value is -3.36. The van der Waals surface area contributed by atoms with Gasteiger partial charge in [-0.1, -0.05) is 12.1 Å². The number of carbonyl (C=O) groups excluding carboxylic acids is 2. The van der Waals surface area contributed by atoms with Crippen LogP contribution in [0.4, 0.5) is 5.69 Å². The molecule has 0 aliphatic carbocycles. The molecule has 29 heavy (non-hydrogen) atoms. The van der Waals surface area contributed by atoms with E-state index in [0.717, 1.165) is 5.56 Å². The first kappa shape index (κ1) is 21.9. The van der Waals surface area contributed by atoms with E-state index in [1.165, 1.54) is 0 Å². The lowest BCUT2D eigenvalue weighted by Crippen LogP contribution is -2.48. The molecule has 1 heterocycles. The van der Waals surface area contributed by atoms with Crippen molar-refractivity contribution >= 4 is 23.5 Å². The Morgan fingerprint density at radius 2 is 1.93 bits per heavy atom. The molecule has 0 saturated carbocycles. The summed E-state index contributed by atoms with van der Waals surface area (Å²) >= 11 is 0. The van der Waals surface area contributed by atoms with Crippen molar-refractivity contribution in [2.45, 2.75) is 39.4 Å². The SMILES string of the molecule is CN=C(NCC(=O)NC(C)(C)C)NCc1cccc(NC(=O)Cn2cccn2)c1. The Morgan fingerprint density at radius 1 is 1.14 bits per heavy atom. The Morgan fingerprint density at radius 3 is 2.59 bits per heavy atom. The average Bonchev–Trinajstić information content (AvgIpc) is 3.13. The van der Waals surface area contributed by atoms with Crippen molar-refractivity contribution in [3.05, 3.63) is 48.3 Å². The second-order valence-electron chi connectivity index (χ2n) is 7.53. The van der Waals surface area contributed by atoms with Gasteiger partial charge in [-0.3, -0.25) is 19.3 Å². The van der Waals surface area contributed by atoms with Gasteiger partial charge in [0.25, 0.3) is 0 Å². The largest absolute Gasteiger partial charge is 0.352 e. The third-order valence-electron chi connectivity index (χ3n) is 3.69. The van der Waals surface area contributed by atoms with Gasteiger partial charge < -0.3 is 21.3 Å². The van der Waals surface area contributed by atoms with Crippen molar-refractivity contribution in [2.24, 2.45) is 4.99 Å². The van der Waals surface area contributed by atoms with Crippen LogP contribution in [0.2, 0.25) is 0 Å². The van der Waals surface area contributed by atoms with Crippen LogP contribution in [0.15, 0.2) is 47.7 Å². The van der Waals surface area contributed by atoms with Crippen LogP contribution in [0.5, 0.6) is 0 Å². The van der Waals surface area contributed by atoms with E-state index in [9.17, 15) is 9.59 Å². The van der Waals surface area contributed by atoms with Gasteiger partial charge in [0.15, 0.2) is 5.96 Å². The second-order valence-corrected chi connectivity index (χ2v) is 7.53. The summed E-state index contributed by atoms with van der Waals surface area (Å²) in [6.45, 7) is 6.56. The molecule has 0 bridgehead atoms. The molecule has 0 spiro atoms. The molecule has 2 rings (SSSR count). The van der Waals surface area contributed by atoms with E-state index in [-0.39, 0.29) is 30.4 Å². The van der Waals surface area contributed by atoms with Crippen molar-refractivity contribution in [1.82, 2.24) is 25.7 Å². The van der Waals surface area contributed by atoms with Gasteiger partial charge >= 0.3 is 0 Å². The second kappa shape index (κ2) is 10.3. The molecule has 0 aliphatic rings. The van der Waals surface area contributed by atoms with E-state index < -0.39 is 0 Å². The number of rotatable bonds is 7. The number of hydrogen-bond acceptors (Lipinski definition) is 4. The molecule has 0 fully saturated rings. The number of aromatic nitrogens is 2. The van der Waals surface area contributed by atoms with Crippen molar-refractivity contribution in [1.29, 1.82) is 0 Å². The molecule has 0 radical (unpaired) electrons. The highest BCUT2D eigenvalue weighted by molar-refractivity contribution is 5.90. The van der Waals surface area contributed by atoms with E-state index in [1.807, 2.05) is 45.0 Å². The smallest absolute Gasteiger partial charge is 0.246 e. The quantitative estimate of drug-likeness (QED) is 0.411. The normalized spacial score (nSPS) is 11.7. The maximum absolute atomic E-state index is 12.1. The van der Waals surface area contributed by atoms with Gasteiger partial charge in [0.1, 0.15) is 6.54 Å². The first-order valence-corrected chi connectivity index (χ1v) is 9.37. The lowest BCUT2D eigenvalue weighted by Gasteiger charge is -2.21. The fraction of sp³-hybridized carbons (Fsp3) is 0.400. The highest BCUT2D eigenvalue weighted by atomic mass is 16.2. The van der Waals surface area contributed by atoms with Gasteiger partial charge in [-0.05, 0) is 44.5 Å². The van der Waals surface area contributed by atoms with Gasteiger partial charge in [-0.25, -0.2) is 0 Å². The van der Waals surface area contributed by atoms with Gasteiger partial charge in [-0.2, -0.15) is 5.10 Å². The lowest BCUT2D eigenvalue weighted by atomic mass is 10.1. The molecule has 156 valence electrons. The minimum absolute atomic E-state index is 0.109. The molecule has 1 aromatic carbocycles. The third-order valence-corrected chi connectivity index (χ3v) is 3.69. The van der Waals surface area contributed by atoms with Crippen molar-refractivity contribution in [3.8, 4) is 0 Å². The van der Waals surface area contributed by atoms with Gasteiger partial charge in [0.2, 0.25) is 11.8 Å². The summed E-state index contributed by atoms with van der Waals surface area (Å²) in [4.78, 5) is 28.1. The number of nitrogens with one attached hydrogen (secondary N) is 4. The molecule has 0 saturated heterocycles. The fourth-order valence-corrected chi connectivity index (χ4v) is 2.53. The van der Waals surface area contributed by atoms with Gasteiger partial charge in [-0.15, -0.1) is 0 Å². The molecule has 4 N–H and O–H groups in total. The fourth-order valence-electron chi connectivity index (χ4n) is 2.53. The number of anilines is 1. The van der Waals surface area contributed by atoms with Crippen LogP contribution in [0, 0.1) is 0 Å². The number of carbonyl (C=O) groups is 2. The number of aliphatic imine (C=N–C) groups is 1. The zero-order chi connectivity index (χ0) is 21.3. The predicted molar refractivity (Wildman–Crippen MR) is 113 cm³/mol. The lowest BCUT2D eigenvalue weighted by molar-refractivity contribution is -0.121. The van der Waals surface area contributed by atoms with Crippen LogP contribution in [0.1, 0.15) is 26.3 Å². The molecule has 9 heteroatoms. The molecular formula is C20H29N7O2. The number of guanidine groups is 1. The standard InChI is InChI=1S/C20H29N7O2/c1-20(2,3)26-17(28)13-23-19(21-4)22-12-15-7-5-8-16(11-15)25-18(29)14-27-10-6-9-24-27/h5-11H,12-14H2,1-4H3,(H,25,29)(H,26,28)(H2,21,22,23). The van der Waals surface area contributed by atoms with E-state index in [1.54, 1.807) is 30.2 Å². The van der Waals surface area contributed by atoms with Gasteiger partial charge in [0, 0.05) is 37.2 Å². The van der Waals surface area contributed by atoms with Crippen LogP contribution >= 0.6 is 0 Å². The topological polar surface area (TPSA) is 112 Å². The van der Waals surface area contributed by atoms with Crippen LogP contribution in [0.3, 0.4) is 0 Å². The van der Waals surface area contributed by atoms with E-state index >= 15 is 0 Å². The summed E-state index contributed by atoms with van der Waals surface area (Å²) in [5.74, 6) is 0.255. The molecule has 0 aliphatic heterocycles. The maximum Gasteiger partial charge on any atom is 0.246 e. The summed E-state index contributed by atoms with van der Waals surface area (Å²) in [5.41, 5.74) is 1.38. The first-order chi connectivity index (χ1) is 13.7. The Kier molecular flexibility index (Phi) is 7.76. The number of hydrogen-bond donors (Lipinski definition) is 4. The zero-order valence-corrected chi connectivity index (χ0v) is 17.3. The summed E-state index contributed by atoms with van der Waals surface area (Å²) in [6.07, 6.45) is 3.37. The van der Waals surface area contributed by atoms with E-state index in [4.69, 9.17) is 0 Å². The average molecular weight is 399 g/mol. The molecule has 1 aromatic heterocycles.